The van der Waals surface area contributed by atoms with Crippen LogP contribution >= 0.6 is 0 Å². The number of aryl methyl sites for hydroxylation is 1. The average Bonchev–Trinajstić information content (AvgIpc) is 2.72. The Balaban J connectivity index is 1.52. The van der Waals surface area contributed by atoms with Gasteiger partial charge in [-0.3, -0.25) is 9.78 Å². The Hall–Kier alpha value is -3.08. The molecule has 0 spiro atoms. The van der Waals surface area contributed by atoms with Crippen LogP contribution in [0.25, 0.3) is 11.4 Å². The summed E-state index contributed by atoms with van der Waals surface area (Å²) in [4.78, 5) is 26.1. The molecule has 4 rings (SSSR count). The molecule has 1 N–H and O–H groups in total. The summed E-state index contributed by atoms with van der Waals surface area (Å²) >= 11 is 0. The maximum atomic E-state index is 12.6. The first-order chi connectivity index (χ1) is 14.0. The van der Waals surface area contributed by atoms with Crippen LogP contribution < -0.4 is 5.32 Å². The highest BCUT2D eigenvalue weighted by atomic mass is 16.1. The van der Waals surface area contributed by atoms with Crippen molar-refractivity contribution in [2.45, 2.75) is 45.6 Å². The minimum absolute atomic E-state index is 0.0523. The Labute approximate surface area is 171 Å². The van der Waals surface area contributed by atoms with E-state index in [1.54, 1.807) is 12.4 Å². The van der Waals surface area contributed by atoms with Crippen LogP contribution in [0.1, 0.15) is 49.6 Å². The van der Waals surface area contributed by atoms with E-state index in [4.69, 9.17) is 4.98 Å². The van der Waals surface area contributed by atoms with Crippen molar-refractivity contribution in [2.75, 3.05) is 0 Å². The predicted molar refractivity (Wildman–Crippen MR) is 113 cm³/mol. The Morgan fingerprint density at radius 2 is 1.90 bits per heavy atom. The summed E-state index contributed by atoms with van der Waals surface area (Å²) in [5.41, 5.74) is 4.26. The van der Waals surface area contributed by atoms with Gasteiger partial charge in [0.15, 0.2) is 5.82 Å². The number of carbonyl (C=O) groups excluding carboxylic acids is 1. The molecule has 2 aromatic heterocycles. The van der Waals surface area contributed by atoms with Gasteiger partial charge in [-0.2, -0.15) is 0 Å². The van der Waals surface area contributed by atoms with E-state index in [2.05, 4.69) is 41.3 Å². The molecule has 3 aromatic rings. The Kier molecular flexibility index (Phi) is 5.38. The second kappa shape index (κ2) is 8.11. The third-order valence-electron chi connectivity index (χ3n) is 5.44. The van der Waals surface area contributed by atoms with Gasteiger partial charge in [-0.25, -0.2) is 9.97 Å². The van der Waals surface area contributed by atoms with Gasteiger partial charge >= 0.3 is 0 Å². The van der Waals surface area contributed by atoms with Crippen LogP contribution in [-0.4, -0.2) is 20.9 Å². The lowest BCUT2D eigenvalue weighted by Gasteiger charge is -2.36. The van der Waals surface area contributed by atoms with Crippen LogP contribution in [-0.2, 0) is 17.6 Å². The SMILES string of the molecule is CC1(C)Cc2nc(-c3ccncc3)ncc2[C@@H](NC(=O)CCc2ccccc2)C1. The topological polar surface area (TPSA) is 67.8 Å². The summed E-state index contributed by atoms with van der Waals surface area (Å²) in [6, 6.07) is 13.9. The summed E-state index contributed by atoms with van der Waals surface area (Å²) in [6.07, 6.45) is 8.36. The maximum Gasteiger partial charge on any atom is 0.220 e. The number of nitrogens with one attached hydrogen (secondary N) is 1. The van der Waals surface area contributed by atoms with Crippen molar-refractivity contribution < 1.29 is 4.79 Å². The lowest BCUT2D eigenvalue weighted by Crippen LogP contribution is -2.37. The minimum atomic E-state index is -0.0523. The van der Waals surface area contributed by atoms with Crippen LogP contribution in [0.3, 0.4) is 0 Å². The first-order valence-electron chi connectivity index (χ1n) is 10.1. The van der Waals surface area contributed by atoms with Crippen molar-refractivity contribution in [2.24, 2.45) is 5.41 Å². The molecule has 5 nitrogen and oxygen atoms in total. The number of benzene rings is 1. The molecular formula is C24H26N4O. The van der Waals surface area contributed by atoms with E-state index in [0.29, 0.717) is 12.2 Å². The zero-order valence-electron chi connectivity index (χ0n) is 16.9. The second-order valence-corrected chi connectivity index (χ2v) is 8.48. The summed E-state index contributed by atoms with van der Waals surface area (Å²) in [7, 11) is 0. The summed E-state index contributed by atoms with van der Waals surface area (Å²) in [5, 5.41) is 3.23. The van der Waals surface area contributed by atoms with Gasteiger partial charge in [0.1, 0.15) is 0 Å². The van der Waals surface area contributed by atoms with Crippen molar-refractivity contribution in [1.29, 1.82) is 0 Å². The third-order valence-corrected chi connectivity index (χ3v) is 5.44. The quantitative estimate of drug-likeness (QED) is 0.710. The smallest absolute Gasteiger partial charge is 0.220 e. The number of hydrogen-bond donors (Lipinski definition) is 1. The fourth-order valence-electron chi connectivity index (χ4n) is 3.99. The molecule has 2 heterocycles. The van der Waals surface area contributed by atoms with Gasteiger partial charge in [0.2, 0.25) is 5.91 Å². The van der Waals surface area contributed by atoms with Crippen LogP contribution in [0, 0.1) is 5.41 Å². The lowest BCUT2D eigenvalue weighted by atomic mass is 9.74. The molecule has 5 heteroatoms. The molecule has 1 aliphatic rings. The standard InChI is InChI=1S/C24H26N4O/c1-24(2)14-20(27-22(29)9-8-17-6-4-3-5-7-17)19-16-26-23(28-21(19)15-24)18-10-12-25-13-11-18/h3-7,10-13,16,20H,8-9,14-15H2,1-2H3,(H,27,29)/t20-/m0/s1. The molecule has 29 heavy (non-hydrogen) atoms. The van der Waals surface area contributed by atoms with Crippen molar-refractivity contribution in [3.8, 4) is 11.4 Å². The molecule has 0 bridgehead atoms. The minimum Gasteiger partial charge on any atom is -0.349 e. The summed E-state index contributed by atoms with van der Waals surface area (Å²) in [5.74, 6) is 0.777. The van der Waals surface area contributed by atoms with Crippen LogP contribution in [0.5, 0.6) is 0 Å². The first-order valence-corrected chi connectivity index (χ1v) is 10.1. The second-order valence-electron chi connectivity index (χ2n) is 8.48. The molecule has 0 fully saturated rings. The lowest BCUT2D eigenvalue weighted by molar-refractivity contribution is -0.122. The normalized spacial score (nSPS) is 17.4. The highest BCUT2D eigenvalue weighted by Gasteiger charge is 2.34. The van der Waals surface area contributed by atoms with E-state index >= 15 is 0 Å². The van der Waals surface area contributed by atoms with E-state index in [1.807, 2.05) is 36.5 Å². The zero-order valence-corrected chi connectivity index (χ0v) is 16.9. The molecule has 0 saturated carbocycles. The van der Waals surface area contributed by atoms with Gasteiger partial charge in [0.25, 0.3) is 0 Å². The third kappa shape index (κ3) is 4.67. The molecule has 148 valence electrons. The summed E-state index contributed by atoms with van der Waals surface area (Å²) < 4.78 is 0. The fourth-order valence-corrected chi connectivity index (χ4v) is 3.99. The monoisotopic (exact) mass is 386 g/mol. The van der Waals surface area contributed by atoms with E-state index < -0.39 is 0 Å². The van der Waals surface area contributed by atoms with E-state index in [-0.39, 0.29) is 17.4 Å². The van der Waals surface area contributed by atoms with Crippen LogP contribution in [0.15, 0.2) is 61.1 Å². The van der Waals surface area contributed by atoms with Crippen molar-refractivity contribution >= 4 is 5.91 Å². The van der Waals surface area contributed by atoms with E-state index in [9.17, 15) is 4.79 Å². The number of amides is 1. The number of carbonyl (C=O) groups is 1. The Morgan fingerprint density at radius 3 is 2.66 bits per heavy atom. The number of nitrogens with zero attached hydrogens (tertiary/aromatic N) is 3. The Bertz CT molecular complexity index is 986. The summed E-state index contributed by atoms with van der Waals surface area (Å²) in [6.45, 7) is 4.46. The van der Waals surface area contributed by atoms with Gasteiger partial charge < -0.3 is 5.32 Å². The number of rotatable bonds is 5. The molecule has 0 aliphatic heterocycles. The number of fused-ring (bicyclic) bond motifs is 1. The van der Waals surface area contributed by atoms with E-state index in [0.717, 1.165) is 36.1 Å². The Morgan fingerprint density at radius 1 is 1.14 bits per heavy atom. The molecule has 1 aliphatic carbocycles. The largest absolute Gasteiger partial charge is 0.349 e. The van der Waals surface area contributed by atoms with Gasteiger partial charge in [-0.15, -0.1) is 0 Å². The maximum absolute atomic E-state index is 12.6. The zero-order chi connectivity index (χ0) is 20.3. The molecule has 0 saturated heterocycles. The molecule has 1 atom stereocenters. The van der Waals surface area contributed by atoms with Gasteiger partial charge in [-0.05, 0) is 42.4 Å². The van der Waals surface area contributed by atoms with Gasteiger partial charge in [-0.1, -0.05) is 44.2 Å². The molecule has 1 aromatic carbocycles. The average molecular weight is 386 g/mol. The molecular weight excluding hydrogens is 360 g/mol. The van der Waals surface area contributed by atoms with Gasteiger partial charge in [0, 0.05) is 36.1 Å². The predicted octanol–water partition coefficient (Wildman–Crippen LogP) is 4.30. The van der Waals surface area contributed by atoms with Crippen molar-refractivity contribution in [1.82, 2.24) is 20.3 Å². The number of hydrogen-bond acceptors (Lipinski definition) is 4. The van der Waals surface area contributed by atoms with Crippen molar-refractivity contribution in [3.63, 3.8) is 0 Å². The highest BCUT2D eigenvalue weighted by molar-refractivity contribution is 5.76. The number of pyridine rings is 1. The molecule has 0 unspecified atom stereocenters. The number of aromatic nitrogens is 3. The van der Waals surface area contributed by atoms with Crippen LogP contribution in [0.2, 0.25) is 0 Å². The van der Waals surface area contributed by atoms with Crippen LogP contribution in [0.4, 0.5) is 0 Å². The fraction of sp³-hybridized carbons (Fsp3) is 0.333. The molecule has 1 amide bonds. The van der Waals surface area contributed by atoms with Crippen molar-refractivity contribution in [3.05, 3.63) is 77.9 Å². The highest BCUT2D eigenvalue weighted by Crippen LogP contribution is 2.40. The van der Waals surface area contributed by atoms with E-state index in [1.165, 1.54) is 5.56 Å². The first kappa shape index (κ1) is 19.2. The molecule has 0 radical (unpaired) electrons. The van der Waals surface area contributed by atoms with Gasteiger partial charge in [0.05, 0.1) is 11.7 Å².